The molecule has 1 aliphatic heterocycles. The molecule has 0 unspecified atom stereocenters. The van der Waals surface area contributed by atoms with Crippen molar-refractivity contribution in [3.05, 3.63) is 42.0 Å². The van der Waals surface area contributed by atoms with Crippen LogP contribution in [0.1, 0.15) is 31.1 Å². The van der Waals surface area contributed by atoms with Gasteiger partial charge in [0.25, 0.3) is 21.8 Å². The fourth-order valence-corrected chi connectivity index (χ4v) is 3.81. The van der Waals surface area contributed by atoms with Crippen LogP contribution >= 0.6 is 0 Å². The Balaban J connectivity index is 1.91. The minimum absolute atomic E-state index is 0.0388. The average Bonchev–Trinajstić information content (AvgIpc) is 2.63. The van der Waals surface area contributed by atoms with E-state index in [1.807, 2.05) is 0 Å². The number of carbonyl (C=O) groups is 2. The van der Waals surface area contributed by atoms with Crippen molar-refractivity contribution in [1.29, 1.82) is 0 Å². The lowest BCUT2D eigenvalue weighted by Gasteiger charge is -2.31. The van der Waals surface area contributed by atoms with E-state index in [1.165, 1.54) is 24.3 Å². The Kier molecular flexibility index (Phi) is 5.14. The molecule has 29 heavy (non-hydrogen) atoms. The highest BCUT2D eigenvalue weighted by Gasteiger charge is 2.35. The standard InChI is InChI=1S/C19H21N3O6S/c1-4-27-15-8-6-12(10-13(15)17(20)23)29(25,26)22-11-5-7-16-14(9-11)21-18(24)19(2,3)28-16/h5-10,22H,4H2,1-3H3,(H2,20,23)(H,21,24). The lowest BCUT2D eigenvalue weighted by Crippen LogP contribution is -2.45. The molecular formula is C19H21N3O6S. The Morgan fingerprint density at radius 3 is 2.62 bits per heavy atom. The molecule has 2 amide bonds. The first-order valence-corrected chi connectivity index (χ1v) is 10.3. The summed E-state index contributed by atoms with van der Waals surface area (Å²) in [5, 5.41) is 2.69. The SMILES string of the molecule is CCOc1ccc(S(=O)(=O)Nc2ccc3c(c2)NC(=O)C(C)(C)O3)cc1C(N)=O. The molecule has 3 rings (SSSR count). The van der Waals surface area contributed by atoms with Gasteiger partial charge in [0.15, 0.2) is 5.60 Å². The van der Waals surface area contributed by atoms with E-state index in [0.29, 0.717) is 18.0 Å². The molecule has 0 spiro atoms. The molecule has 2 aromatic carbocycles. The van der Waals surface area contributed by atoms with Crippen molar-refractivity contribution in [2.75, 3.05) is 16.6 Å². The average molecular weight is 419 g/mol. The van der Waals surface area contributed by atoms with E-state index in [2.05, 4.69) is 10.0 Å². The Morgan fingerprint density at radius 2 is 1.97 bits per heavy atom. The molecule has 0 saturated heterocycles. The molecule has 1 aliphatic rings. The lowest BCUT2D eigenvalue weighted by molar-refractivity contribution is -0.129. The number of sulfonamides is 1. The highest BCUT2D eigenvalue weighted by Crippen LogP contribution is 2.36. The van der Waals surface area contributed by atoms with E-state index in [9.17, 15) is 18.0 Å². The van der Waals surface area contributed by atoms with E-state index in [-0.39, 0.29) is 27.8 Å². The number of hydrogen-bond acceptors (Lipinski definition) is 6. The number of rotatable bonds is 6. The summed E-state index contributed by atoms with van der Waals surface area (Å²) in [7, 11) is -4.03. The van der Waals surface area contributed by atoms with E-state index in [4.69, 9.17) is 15.2 Å². The molecule has 0 bridgehead atoms. The summed E-state index contributed by atoms with van der Waals surface area (Å²) in [4.78, 5) is 23.5. The van der Waals surface area contributed by atoms with Crippen LogP contribution in [0.4, 0.5) is 11.4 Å². The van der Waals surface area contributed by atoms with Crippen molar-refractivity contribution in [3.63, 3.8) is 0 Å². The van der Waals surface area contributed by atoms with Crippen molar-refractivity contribution in [2.45, 2.75) is 31.3 Å². The third-order valence-electron chi connectivity index (χ3n) is 4.22. The number of fused-ring (bicyclic) bond motifs is 1. The molecule has 4 N–H and O–H groups in total. The molecular weight excluding hydrogens is 398 g/mol. The van der Waals surface area contributed by atoms with E-state index in [1.54, 1.807) is 26.8 Å². The van der Waals surface area contributed by atoms with Crippen LogP contribution in [0.2, 0.25) is 0 Å². The van der Waals surface area contributed by atoms with Crippen LogP contribution in [0, 0.1) is 0 Å². The van der Waals surface area contributed by atoms with Gasteiger partial charge in [-0.1, -0.05) is 0 Å². The number of primary amides is 1. The van der Waals surface area contributed by atoms with Gasteiger partial charge in [-0.15, -0.1) is 0 Å². The second kappa shape index (κ2) is 7.28. The summed E-state index contributed by atoms with van der Waals surface area (Å²) < 4.78 is 38.9. The monoisotopic (exact) mass is 419 g/mol. The maximum absolute atomic E-state index is 12.8. The van der Waals surface area contributed by atoms with Gasteiger partial charge in [0.05, 0.1) is 28.4 Å². The molecule has 154 valence electrons. The maximum Gasteiger partial charge on any atom is 0.268 e. The minimum atomic E-state index is -4.03. The number of nitrogens with two attached hydrogens (primary N) is 1. The first kappa shape index (κ1) is 20.5. The van der Waals surface area contributed by atoms with Gasteiger partial charge < -0.3 is 20.5 Å². The molecule has 0 aliphatic carbocycles. The number of amides is 2. The molecule has 9 nitrogen and oxygen atoms in total. The largest absolute Gasteiger partial charge is 0.493 e. The van der Waals surface area contributed by atoms with Crippen molar-refractivity contribution < 1.29 is 27.5 Å². The lowest BCUT2D eigenvalue weighted by atomic mass is 10.1. The first-order valence-electron chi connectivity index (χ1n) is 8.77. The van der Waals surface area contributed by atoms with Crippen LogP contribution in [0.3, 0.4) is 0 Å². The molecule has 1 heterocycles. The number of anilines is 2. The summed E-state index contributed by atoms with van der Waals surface area (Å²) >= 11 is 0. The quantitative estimate of drug-likeness (QED) is 0.656. The fourth-order valence-electron chi connectivity index (χ4n) is 2.74. The third kappa shape index (κ3) is 4.11. The first-order chi connectivity index (χ1) is 13.5. The third-order valence-corrected chi connectivity index (χ3v) is 5.60. The Labute approximate surface area is 168 Å². The van der Waals surface area contributed by atoms with Gasteiger partial charge in [-0.25, -0.2) is 8.42 Å². The van der Waals surface area contributed by atoms with Crippen LogP contribution < -0.4 is 25.2 Å². The van der Waals surface area contributed by atoms with E-state index in [0.717, 1.165) is 6.07 Å². The molecule has 0 saturated carbocycles. The predicted octanol–water partition coefficient (Wildman–Crippen LogP) is 2.09. The predicted molar refractivity (Wildman–Crippen MR) is 107 cm³/mol. The van der Waals surface area contributed by atoms with Crippen LogP contribution in [0.15, 0.2) is 41.3 Å². The van der Waals surface area contributed by atoms with Crippen molar-refractivity contribution in [3.8, 4) is 11.5 Å². The van der Waals surface area contributed by atoms with Gasteiger partial charge in [-0.05, 0) is 57.2 Å². The van der Waals surface area contributed by atoms with Gasteiger partial charge in [0, 0.05) is 0 Å². The number of ether oxygens (including phenoxy) is 2. The van der Waals surface area contributed by atoms with Crippen LogP contribution in [0.25, 0.3) is 0 Å². The van der Waals surface area contributed by atoms with Crippen molar-refractivity contribution in [2.24, 2.45) is 5.73 Å². The fraction of sp³-hybridized carbons (Fsp3) is 0.263. The zero-order chi connectivity index (χ0) is 21.4. The van der Waals surface area contributed by atoms with Crippen molar-refractivity contribution in [1.82, 2.24) is 0 Å². The zero-order valence-corrected chi connectivity index (χ0v) is 16.9. The smallest absolute Gasteiger partial charge is 0.268 e. The maximum atomic E-state index is 12.8. The van der Waals surface area contributed by atoms with Gasteiger partial charge in [0.1, 0.15) is 11.5 Å². The molecule has 0 fully saturated rings. The Bertz CT molecular complexity index is 1100. The molecule has 0 aromatic heterocycles. The molecule has 0 atom stereocenters. The summed E-state index contributed by atoms with van der Waals surface area (Å²) in [6.07, 6.45) is 0. The minimum Gasteiger partial charge on any atom is -0.493 e. The van der Waals surface area contributed by atoms with Crippen LogP contribution in [0.5, 0.6) is 11.5 Å². The Hall–Kier alpha value is -3.27. The van der Waals surface area contributed by atoms with Crippen LogP contribution in [-0.2, 0) is 14.8 Å². The van der Waals surface area contributed by atoms with Crippen molar-refractivity contribution >= 4 is 33.2 Å². The summed E-state index contributed by atoms with van der Waals surface area (Å²) in [6, 6.07) is 8.35. The number of hydrogen-bond donors (Lipinski definition) is 3. The van der Waals surface area contributed by atoms with Gasteiger partial charge in [0.2, 0.25) is 0 Å². The topological polar surface area (TPSA) is 137 Å². The van der Waals surface area contributed by atoms with E-state index < -0.39 is 21.5 Å². The number of carbonyl (C=O) groups excluding carboxylic acids is 2. The normalized spacial score (nSPS) is 14.9. The second-order valence-electron chi connectivity index (χ2n) is 6.84. The van der Waals surface area contributed by atoms with Gasteiger partial charge in [-0.3, -0.25) is 14.3 Å². The highest BCUT2D eigenvalue weighted by molar-refractivity contribution is 7.92. The zero-order valence-electron chi connectivity index (χ0n) is 16.1. The van der Waals surface area contributed by atoms with Gasteiger partial charge >= 0.3 is 0 Å². The molecule has 10 heteroatoms. The number of nitrogens with one attached hydrogen (secondary N) is 2. The highest BCUT2D eigenvalue weighted by atomic mass is 32.2. The second-order valence-corrected chi connectivity index (χ2v) is 8.52. The van der Waals surface area contributed by atoms with E-state index >= 15 is 0 Å². The molecule has 2 aromatic rings. The van der Waals surface area contributed by atoms with Gasteiger partial charge in [-0.2, -0.15) is 0 Å². The summed E-state index contributed by atoms with van der Waals surface area (Å²) in [6.45, 7) is 5.29. The number of benzene rings is 2. The Morgan fingerprint density at radius 1 is 1.24 bits per heavy atom. The molecule has 0 radical (unpaired) electrons. The van der Waals surface area contributed by atoms with Crippen LogP contribution in [-0.4, -0.2) is 32.4 Å². The summed E-state index contributed by atoms with van der Waals surface area (Å²) in [5.74, 6) is -0.519. The summed E-state index contributed by atoms with van der Waals surface area (Å²) in [5.41, 5.74) is 4.82.